The molecule has 0 fully saturated rings. The molecule has 1 N–H and O–H groups in total. The van der Waals surface area contributed by atoms with E-state index in [4.69, 9.17) is 14.6 Å². The van der Waals surface area contributed by atoms with Crippen LogP contribution in [-0.2, 0) is 9.47 Å². The van der Waals surface area contributed by atoms with Crippen molar-refractivity contribution in [3.8, 4) is 0 Å². The Morgan fingerprint density at radius 2 is 1.73 bits per heavy atom. The number of rotatable bonds is 5. The maximum Gasteiger partial charge on any atom is 0.106 e. The summed E-state index contributed by atoms with van der Waals surface area (Å²) in [5.41, 5.74) is 0. The molecule has 2 unspecified atom stereocenters. The van der Waals surface area contributed by atoms with E-state index in [0.29, 0.717) is 5.92 Å². The zero-order valence-electron chi connectivity index (χ0n) is 7.70. The molecule has 0 aromatic carbocycles. The molecule has 68 valence electrons. The molecule has 0 aliphatic heterocycles. The maximum absolute atomic E-state index is 8.87. The molecule has 0 rings (SSSR count). The van der Waals surface area contributed by atoms with Crippen LogP contribution in [0.4, 0.5) is 0 Å². The second-order valence-corrected chi connectivity index (χ2v) is 2.90. The van der Waals surface area contributed by atoms with E-state index in [2.05, 4.69) is 0 Å². The van der Waals surface area contributed by atoms with Crippen LogP contribution in [0.25, 0.3) is 0 Å². The second kappa shape index (κ2) is 5.52. The highest BCUT2D eigenvalue weighted by Gasteiger charge is 2.22. The summed E-state index contributed by atoms with van der Waals surface area (Å²) in [7, 11) is 3.21. The first kappa shape index (κ1) is 10.9. The van der Waals surface area contributed by atoms with Crippen LogP contribution in [0.1, 0.15) is 13.8 Å². The summed E-state index contributed by atoms with van der Waals surface area (Å²) in [6, 6.07) is 0. The average Bonchev–Trinajstić information content (AvgIpc) is 1.99. The molecule has 0 aliphatic carbocycles. The average molecular weight is 162 g/mol. The highest BCUT2D eigenvalue weighted by atomic mass is 16.5. The van der Waals surface area contributed by atoms with Crippen molar-refractivity contribution in [3.05, 3.63) is 0 Å². The highest BCUT2D eigenvalue weighted by Crippen LogP contribution is 2.11. The molecule has 0 aromatic rings. The summed E-state index contributed by atoms with van der Waals surface area (Å²) >= 11 is 0. The van der Waals surface area contributed by atoms with E-state index in [0.717, 1.165) is 0 Å². The summed E-state index contributed by atoms with van der Waals surface area (Å²) in [5.74, 6) is 0.358. The summed E-state index contributed by atoms with van der Waals surface area (Å²) < 4.78 is 10.2. The first-order chi connectivity index (χ1) is 5.17. The molecule has 0 heterocycles. The largest absolute Gasteiger partial charge is 0.394 e. The van der Waals surface area contributed by atoms with Gasteiger partial charge in [-0.3, -0.25) is 0 Å². The zero-order chi connectivity index (χ0) is 8.85. The van der Waals surface area contributed by atoms with Crippen molar-refractivity contribution >= 4 is 0 Å². The first-order valence-corrected chi connectivity index (χ1v) is 3.83. The van der Waals surface area contributed by atoms with Gasteiger partial charge in [-0.1, -0.05) is 13.8 Å². The first-order valence-electron chi connectivity index (χ1n) is 3.83. The van der Waals surface area contributed by atoms with Crippen molar-refractivity contribution in [3.63, 3.8) is 0 Å². The summed E-state index contributed by atoms with van der Waals surface area (Å²) in [5, 5.41) is 8.87. The Bertz CT molecular complexity index is 89.3. The van der Waals surface area contributed by atoms with Gasteiger partial charge in [0.2, 0.25) is 0 Å². The number of methoxy groups -OCH3 is 2. The molecule has 0 aliphatic rings. The van der Waals surface area contributed by atoms with Gasteiger partial charge in [-0.05, 0) is 5.92 Å². The Balaban J connectivity index is 3.98. The third-order valence-corrected chi connectivity index (χ3v) is 1.78. The van der Waals surface area contributed by atoms with Crippen LogP contribution in [0.15, 0.2) is 0 Å². The van der Waals surface area contributed by atoms with Crippen molar-refractivity contribution < 1.29 is 14.6 Å². The highest BCUT2D eigenvalue weighted by molar-refractivity contribution is 4.72. The number of ether oxygens (including phenoxy) is 2. The van der Waals surface area contributed by atoms with Crippen LogP contribution in [0, 0.1) is 5.92 Å². The molecule has 0 saturated carbocycles. The van der Waals surface area contributed by atoms with Crippen LogP contribution < -0.4 is 0 Å². The van der Waals surface area contributed by atoms with Crippen molar-refractivity contribution in [2.75, 3.05) is 20.8 Å². The Labute approximate surface area is 68.3 Å². The third-order valence-electron chi connectivity index (χ3n) is 1.78. The van der Waals surface area contributed by atoms with Crippen LogP contribution in [0.5, 0.6) is 0 Å². The molecule has 2 atom stereocenters. The van der Waals surface area contributed by atoms with E-state index in [1.54, 1.807) is 14.2 Å². The third kappa shape index (κ3) is 3.18. The predicted molar refractivity (Wildman–Crippen MR) is 43.5 cm³/mol. The fourth-order valence-electron chi connectivity index (χ4n) is 1.17. The lowest BCUT2D eigenvalue weighted by Gasteiger charge is -2.26. The SMILES string of the molecule is COC(CO)C(OC)C(C)C. The van der Waals surface area contributed by atoms with Gasteiger partial charge in [0.1, 0.15) is 6.10 Å². The van der Waals surface area contributed by atoms with Crippen molar-refractivity contribution in [2.45, 2.75) is 26.1 Å². The maximum atomic E-state index is 8.87. The van der Waals surface area contributed by atoms with Gasteiger partial charge < -0.3 is 14.6 Å². The molecule has 11 heavy (non-hydrogen) atoms. The molecular weight excluding hydrogens is 144 g/mol. The Morgan fingerprint density at radius 3 is 1.82 bits per heavy atom. The van der Waals surface area contributed by atoms with Gasteiger partial charge >= 0.3 is 0 Å². The number of hydrogen-bond donors (Lipinski definition) is 1. The fraction of sp³-hybridized carbons (Fsp3) is 1.00. The Kier molecular flexibility index (Phi) is 5.46. The van der Waals surface area contributed by atoms with Gasteiger partial charge in [0.25, 0.3) is 0 Å². The second-order valence-electron chi connectivity index (χ2n) is 2.90. The van der Waals surface area contributed by atoms with Crippen LogP contribution >= 0.6 is 0 Å². The van der Waals surface area contributed by atoms with Gasteiger partial charge in [0.15, 0.2) is 0 Å². The van der Waals surface area contributed by atoms with Gasteiger partial charge in [-0.25, -0.2) is 0 Å². The summed E-state index contributed by atoms with van der Waals surface area (Å²) in [6.45, 7) is 4.08. The lowest BCUT2D eigenvalue weighted by Crippen LogP contribution is -2.36. The molecule has 0 aromatic heterocycles. The van der Waals surface area contributed by atoms with Crippen LogP contribution in [0.3, 0.4) is 0 Å². The van der Waals surface area contributed by atoms with Crippen LogP contribution in [0.2, 0.25) is 0 Å². The van der Waals surface area contributed by atoms with E-state index in [1.807, 2.05) is 13.8 Å². The number of aliphatic hydroxyl groups excluding tert-OH is 1. The molecule has 0 saturated heterocycles. The summed E-state index contributed by atoms with van der Waals surface area (Å²) in [4.78, 5) is 0. The van der Waals surface area contributed by atoms with Crippen LogP contribution in [-0.4, -0.2) is 38.1 Å². The number of aliphatic hydroxyl groups is 1. The normalized spacial score (nSPS) is 16.9. The zero-order valence-corrected chi connectivity index (χ0v) is 7.70. The number of hydrogen-bond acceptors (Lipinski definition) is 3. The van der Waals surface area contributed by atoms with Crippen molar-refractivity contribution in [1.82, 2.24) is 0 Å². The molecule has 0 radical (unpaired) electrons. The molecular formula is C8H18O3. The quantitative estimate of drug-likeness (QED) is 0.645. The minimum Gasteiger partial charge on any atom is -0.394 e. The minimum atomic E-state index is -0.208. The van der Waals surface area contributed by atoms with Gasteiger partial charge in [0.05, 0.1) is 12.7 Å². The molecule has 0 spiro atoms. The lowest BCUT2D eigenvalue weighted by molar-refractivity contribution is -0.0784. The van der Waals surface area contributed by atoms with E-state index in [9.17, 15) is 0 Å². The predicted octanol–water partition coefficient (Wildman–Crippen LogP) is 0.665. The lowest BCUT2D eigenvalue weighted by atomic mass is 10.0. The fourth-order valence-corrected chi connectivity index (χ4v) is 1.17. The molecule has 0 bridgehead atoms. The minimum absolute atomic E-state index is 0.00713. The van der Waals surface area contributed by atoms with E-state index in [-0.39, 0.29) is 18.8 Å². The van der Waals surface area contributed by atoms with Gasteiger partial charge in [-0.15, -0.1) is 0 Å². The monoisotopic (exact) mass is 162 g/mol. The smallest absolute Gasteiger partial charge is 0.106 e. The standard InChI is InChI=1S/C8H18O3/c1-6(2)8(11-4)7(5-9)10-3/h6-9H,5H2,1-4H3. The Morgan fingerprint density at radius 1 is 1.18 bits per heavy atom. The van der Waals surface area contributed by atoms with Gasteiger partial charge in [-0.2, -0.15) is 0 Å². The molecule has 0 amide bonds. The van der Waals surface area contributed by atoms with Crippen molar-refractivity contribution in [1.29, 1.82) is 0 Å². The Hall–Kier alpha value is -0.120. The van der Waals surface area contributed by atoms with Gasteiger partial charge in [0, 0.05) is 14.2 Å². The van der Waals surface area contributed by atoms with Crippen molar-refractivity contribution in [2.24, 2.45) is 5.92 Å². The van der Waals surface area contributed by atoms with E-state index in [1.165, 1.54) is 0 Å². The van der Waals surface area contributed by atoms with E-state index < -0.39 is 0 Å². The van der Waals surface area contributed by atoms with E-state index >= 15 is 0 Å². The molecule has 3 heteroatoms. The summed E-state index contributed by atoms with van der Waals surface area (Å²) in [6.07, 6.45) is -0.231. The topological polar surface area (TPSA) is 38.7 Å². The molecule has 3 nitrogen and oxygen atoms in total.